The van der Waals surface area contributed by atoms with Crippen LogP contribution < -0.4 is 16.4 Å². The Morgan fingerprint density at radius 1 is 1.09 bits per heavy atom. The van der Waals surface area contributed by atoms with Crippen LogP contribution in [0.15, 0.2) is 59.4 Å². The summed E-state index contributed by atoms with van der Waals surface area (Å²) in [6, 6.07) is 16.3. The van der Waals surface area contributed by atoms with Gasteiger partial charge in [0, 0.05) is 46.0 Å². The molecule has 0 atom stereocenters. The van der Waals surface area contributed by atoms with Crippen LogP contribution in [0.2, 0.25) is 0 Å². The summed E-state index contributed by atoms with van der Waals surface area (Å²) in [5.41, 5.74) is 8.83. The van der Waals surface area contributed by atoms with E-state index in [9.17, 15) is 14.9 Å². The number of H-pyrrole nitrogens is 1. The first-order valence-corrected chi connectivity index (χ1v) is 11.4. The van der Waals surface area contributed by atoms with Gasteiger partial charge in [0.1, 0.15) is 0 Å². The molecule has 0 spiro atoms. The molecule has 2 aromatic heterocycles. The van der Waals surface area contributed by atoms with Gasteiger partial charge < -0.3 is 4.98 Å². The van der Waals surface area contributed by atoms with Crippen molar-refractivity contribution in [2.75, 3.05) is 5.43 Å². The number of para-hydroxylation sites is 2. The second-order valence-corrected chi connectivity index (χ2v) is 9.88. The first-order valence-electron chi connectivity index (χ1n) is 10.5. The predicted molar refractivity (Wildman–Crippen MR) is 132 cm³/mol. The topological polar surface area (TPSA) is 113 Å². The summed E-state index contributed by atoms with van der Waals surface area (Å²) in [7, 11) is 0. The van der Waals surface area contributed by atoms with Gasteiger partial charge in [-0.2, -0.15) is 0 Å². The van der Waals surface area contributed by atoms with Crippen LogP contribution in [0.1, 0.15) is 42.5 Å². The number of benzene rings is 2. The van der Waals surface area contributed by atoms with Crippen molar-refractivity contribution >= 4 is 33.1 Å². The lowest BCUT2D eigenvalue weighted by molar-refractivity contribution is -0.385. The van der Waals surface area contributed by atoms with Crippen molar-refractivity contribution in [3.63, 3.8) is 0 Å². The number of hydrogen-bond acceptors (Lipinski definition) is 7. The molecule has 170 valence electrons. The third-order valence-electron chi connectivity index (χ3n) is 5.25. The molecule has 9 heteroatoms. The van der Waals surface area contributed by atoms with Gasteiger partial charge in [-0.15, -0.1) is 11.3 Å². The molecular weight excluding hydrogens is 438 g/mol. The molecule has 3 N–H and O–H groups in total. The minimum Gasteiger partial charge on any atom is -0.322 e. The number of anilines is 1. The number of aromatic nitrogens is 2. The Kier molecular flexibility index (Phi) is 6.26. The fraction of sp³-hybridized carbons (Fsp3) is 0.250. The number of pyridine rings is 1. The molecule has 0 radical (unpaired) electrons. The molecule has 0 amide bonds. The average molecular weight is 464 g/mol. The minimum absolute atomic E-state index is 0.0672. The lowest BCUT2D eigenvalue weighted by Gasteiger charge is -2.17. The third-order valence-corrected chi connectivity index (χ3v) is 6.22. The Bertz CT molecular complexity index is 1370. The molecule has 0 aliphatic rings. The highest BCUT2D eigenvalue weighted by Crippen LogP contribution is 2.33. The predicted octanol–water partition coefficient (Wildman–Crippen LogP) is 4.90. The number of rotatable bonds is 7. The summed E-state index contributed by atoms with van der Waals surface area (Å²) >= 11 is 1.47. The normalized spacial score (nSPS) is 11.6. The molecule has 2 aromatic carbocycles. The SMILES string of the molecule is CC(C)(C)c1nc(NNCc2ccccc2[N+](=O)[O-])sc1Cc1cc2ccccc2[nH]c1=O. The Balaban J connectivity index is 1.56. The molecule has 8 nitrogen and oxygen atoms in total. The molecule has 0 unspecified atom stereocenters. The van der Waals surface area contributed by atoms with Gasteiger partial charge in [0.15, 0.2) is 5.13 Å². The van der Waals surface area contributed by atoms with Crippen LogP contribution in [0, 0.1) is 10.1 Å². The van der Waals surface area contributed by atoms with E-state index in [4.69, 9.17) is 4.98 Å². The first-order chi connectivity index (χ1) is 15.7. The molecule has 4 rings (SSSR count). The molecule has 0 aliphatic carbocycles. The highest BCUT2D eigenvalue weighted by atomic mass is 32.1. The highest BCUT2D eigenvalue weighted by molar-refractivity contribution is 7.15. The zero-order chi connectivity index (χ0) is 23.6. The summed E-state index contributed by atoms with van der Waals surface area (Å²) in [4.78, 5) is 32.2. The Hall–Kier alpha value is -3.56. The van der Waals surface area contributed by atoms with Crippen LogP contribution in [0.4, 0.5) is 10.8 Å². The molecule has 0 fully saturated rings. The van der Waals surface area contributed by atoms with Gasteiger partial charge in [0.05, 0.1) is 10.6 Å². The highest BCUT2D eigenvalue weighted by Gasteiger charge is 2.24. The summed E-state index contributed by atoms with van der Waals surface area (Å²) < 4.78 is 0. The van der Waals surface area contributed by atoms with Gasteiger partial charge in [-0.1, -0.05) is 57.2 Å². The van der Waals surface area contributed by atoms with Gasteiger partial charge in [-0.25, -0.2) is 10.4 Å². The van der Waals surface area contributed by atoms with Crippen molar-refractivity contribution in [3.8, 4) is 0 Å². The fourth-order valence-corrected chi connectivity index (χ4v) is 4.83. The zero-order valence-electron chi connectivity index (χ0n) is 18.6. The number of fused-ring (bicyclic) bond motifs is 1. The van der Waals surface area contributed by atoms with E-state index in [1.54, 1.807) is 18.2 Å². The maximum absolute atomic E-state index is 12.7. The number of thiazole rings is 1. The van der Waals surface area contributed by atoms with E-state index < -0.39 is 4.92 Å². The van der Waals surface area contributed by atoms with E-state index in [0.29, 0.717) is 22.7 Å². The first kappa shape index (κ1) is 22.6. The number of nitro groups is 1. The van der Waals surface area contributed by atoms with Gasteiger partial charge in [-0.05, 0) is 17.5 Å². The molecule has 2 heterocycles. The Morgan fingerprint density at radius 3 is 2.58 bits per heavy atom. The molecule has 0 aliphatic heterocycles. The summed E-state index contributed by atoms with van der Waals surface area (Å²) in [6.07, 6.45) is 0.469. The maximum atomic E-state index is 12.7. The quantitative estimate of drug-likeness (QED) is 0.265. The van der Waals surface area contributed by atoms with Gasteiger partial charge in [-0.3, -0.25) is 20.3 Å². The van der Waals surface area contributed by atoms with E-state index in [0.717, 1.165) is 21.5 Å². The lowest BCUT2D eigenvalue weighted by atomic mass is 9.90. The van der Waals surface area contributed by atoms with Gasteiger partial charge in [0.2, 0.25) is 0 Å². The molecule has 4 aromatic rings. The smallest absolute Gasteiger partial charge is 0.273 e. The van der Waals surface area contributed by atoms with Gasteiger partial charge in [0.25, 0.3) is 11.2 Å². The van der Waals surface area contributed by atoms with Crippen LogP contribution in [0.3, 0.4) is 0 Å². The monoisotopic (exact) mass is 463 g/mol. The van der Waals surface area contributed by atoms with E-state index in [2.05, 4.69) is 36.6 Å². The van der Waals surface area contributed by atoms with Gasteiger partial charge >= 0.3 is 0 Å². The number of hydrazine groups is 1. The van der Waals surface area contributed by atoms with Crippen molar-refractivity contribution in [1.82, 2.24) is 15.4 Å². The Morgan fingerprint density at radius 2 is 1.82 bits per heavy atom. The Labute approximate surface area is 194 Å². The number of hydrogen-bond donors (Lipinski definition) is 3. The van der Waals surface area contributed by atoms with Crippen molar-refractivity contribution in [2.24, 2.45) is 0 Å². The van der Waals surface area contributed by atoms with E-state index in [1.165, 1.54) is 17.4 Å². The number of aromatic amines is 1. The second kappa shape index (κ2) is 9.13. The standard InChI is InChI=1S/C24H25N5O3S/c1-24(2,3)21-20(13-17-12-15-8-4-6-10-18(15)26-22(17)30)33-23(27-21)28-25-14-16-9-5-7-11-19(16)29(31)32/h4-12,25H,13-14H2,1-3H3,(H,26,30)(H,27,28). The summed E-state index contributed by atoms with van der Waals surface area (Å²) in [5, 5.41) is 12.8. The van der Waals surface area contributed by atoms with Crippen LogP contribution in [-0.4, -0.2) is 14.9 Å². The van der Waals surface area contributed by atoms with E-state index in [1.807, 2.05) is 30.3 Å². The average Bonchev–Trinajstić information content (AvgIpc) is 3.17. The van der Waals surface area contributed by atoms with Crippen LogP contribution in [-0.2, 0) is 18.4 Å². The summed E-state index contributed by atoms with van der Waals surface area (Å²) in [6.45, 7) is 6.52. The number of nitrogens with zero attached hydrogens (tertiary/aromatic N) is 2. The van der Waals surface area contributed by atoms with Crippen LogP contribution in [0.5, 0.6) is 0 Å². The number of nitrogens with one attached hydrogen (secondary N) is 3. The zero-order valence-corrected chi connectivity index (χ0v) is 19.5. The number of nitro benzene ring substituents is 1. The summed E-state index contributed by atoms with van der Waals surface area (Å²) in [5.74, 6) is 0. The van der Waals surface area contributed by atoms with E-state index >= 15 is 0 Å². The van der Waals surface area contributed by atoms with E-state index in [-0.39, 0.29) is 23.2 Å². The van der Waals surface area contributed by atoms with Crippen LogP contribution in [0.25, 0.3) is 10.9 Å². The molecule has 0 bridgehead atoms. The van der Waals surface area contributed by atoms with Crippen LogP contribution >= 0.6 is 11.3 Å². The third kappa shape index (κ3) is 5.10. The molecule has 33 heavy (non-hydrogen) atoms. The van der Waals surface area contributed by atoms with Crippen molar-refractivity contribution in [2.45, 2.75) is 39.2 Å². The maximum Gasteiger partial charge on any atom is 0.273 e. The second-order valence-electron chi connectivity index (χ2n) is 8.79. The molecule has 0 saturated heterocycles. The van der Waals surface area contributed by atoms with Crippen molar-refractivity contribution in [3.05, 3.63) is 96.8 Å². The molecular formula is C24H25N5O3S. The fourth-order valence-electron chi connectivity index (χ4n) is 3.66. The van der Waals surface area contributed by atoms with Crippen molar-refractivity contribution < 1.29 is 4.92 Å². The molecule has 0 saturated carbocycles. The largest absolute Gasteiger partial charge is 0.322 e. The minimum atomic E-state index is -0.392. The lowest BCUT2D eigenvalue weighted by Crippen LogP contribution is -2.21. The van der Waals surface area contributed by atoms with Crippen molar-refractivity contribution in [1.29, 1.82) is 0 Å².